The second kappa shape index (κ2) is 7.29. The third-order valence-electron chi connectivity index (χ3n) is 4.38. The van der Waals surface area contributed by atoms with Crippen LogP contribution in [0.5, 0.6) is 5.75 Å². The molecule has 24 heavy (non-hydrogen) atoms. The quantitative estimate of drug-likeness (QED) is 0.803. The van der Waals surface area contributed by atoms with Crippen molar-refractivity contribution in [1.29, 1.82) is 0 Å². The number of aryl methyl sites for hydroxylation is 1. The Balaban J connectivity index is 2.13. The highest BCUT2D eigenvalue weighted by molar-refractivity contribution is 7.88. The minimum Gasteiger partial charge on any atom is -0.496 e. The van der Waals surface area contributed by atoms with Crippen molar-refractivity contribution < 1.29 is 17.9 Å². The fourth-order valence-corrected chi connectivity index (χ4v) is 3.89. The summed E-state index contributed by atoms with van der Waals surface area (Å²) in [6, 6.07) is 1.83. The molecule has 2 rings (SSSR count). The lowest BCUT2D eigenvalue weighted by molar-refractivity contribution is -0.131. The average molecular weight is 375 g/mol. The number of methoxy groups -OCH3 is 1. The first-order valence-electron chi connectivity index (χ1n) is 7.70. The van der Waals surface area contributed by atoms with Gasteiger partial charge in [-0.05, 0) is 31.0 Å². The topological polar surface area (TPSA) is 66.9 Å². The van der Waals surface area contributed by atoms with E-state index in [2.05, 4.69) is 0 Å². The minimum absolute atomic E-state index is 0.0514. The highest BCUT2D eigenvalue weighted by Crippen LogP contribution is 2.32. The summed E-state index contributed by atoms with van der Waals surface area (Å²) in [5, 5.41) is 0.639. The van der Waals surface area contributed by atoms with E-state index in [0.29, 0.717) is 37.0 Å². The highest BCUT2D eigenvalue weighted by Gasteiger charge is 2.27. The number of hydrogen-bond acceptors (Lipinski definition) is 4. The molecule has 1 fully saturated rings. The first-order valence-corrected chi connectivity index (χ1v) is 9.93. The van der Waals surface area contributed by atoms with Crippen LogP contribution in [0.25, 0.3) is 0 Å². The van der Waals surface area contributed by atoms with Crippen LogP contribution < -0.4 is 4.74 Å². The lowest BCUT2D eigenvalue weighted by Crippen LogP contribution is -2.50. The molecule has 0 aromatic heterocycles. The molecular formula is C16H23ClN2O4S. The van der Waals surface area contributed by atoms with Crippen LogP contribution in [0.2, 0.25) is 5.02 Å². The van der Waals surface area contributed by atoms with Crippen LogP contribution in [-0.4, -0.2) is 63.1 Å². The van der Waals surface area contributed by atoms with Gasteiger partial charge in [-0.15, -0.1) is 0 Å². The van der Waals surface area contributed by atoms with Gasteiger partial charge in [-0.1, -0.05) is 11.6 Å². The zero-order valence-electron chi connectivity index (χ0n) is 14.4. The Morgan fingerprint density at radius 1 is 1.25 bits per heavy atom. The first kappa shape index (κ1) is 19.0. The molecule has 1 aliphatic heterocycles. The van der Waals surface area contributed by atoms with Crippen LogP contribution >= 0.6 is 11.6 Å². The Bertz CT molecular complexity index is 741. The molecule has 0 aliphatic carbocycles. The van der Waals surface area contributed by atoms with E-state index in [1.165, 1.54) is 10.6 Å². The Labute approximate surface area is 148 Å². The summed E-state index contributed by atoms with van der Waals surface area (Å²) < 4.78 is 29.9. The highest BCUT2D eigenvalue weighted by atomic mass is 35.5. The van der Waals surface area contributed by atoms with E-state index >= 15 is 0 Å². The lowest BCUT2D eigenvalue weighted by atomic mass is 10.0. The lowest BCUT2D eigenvalue weighted by Gasteiger charge is -2.33. The van der Waals surface area contributed by atoms with Gasteiger partial charge in [-0.2, -0.15) is 4.31 Å². The molecule has 134 valence electrons. The predicted octanol–water partition coefficient (Wildman–Crippen LogP) is 1.61. The molecule has 0 saturated carbocycles. The van der Waals surface area contributed by atoms with Crippen LogP contribution in [0.1, 0.15) is 16.7 Å². The molecule has 1 aromatic rings. The smallest absolute Gasteiger partial charge is 0.227 e. The van der Waals surface area contributed by atoms with Gasteiger partial charge in [-0.25, -0.2) is 8.42 Å². The van der Waals surface area contributed by atoms with E-state index < -0.39 is 10.0 Å². The van der Waals surface area contributed by atoms with Gasteiger partial charge in [0.1, 0.15) is 5.75 Å². The molecule has 0 unspecified atom stereocenters. The number of carbonyl (C=O) groups is 1. The van der Waals surface area contributed by atoms with Gasteiger partial charge in [0.15, 0.2) is 0 Å². The zero-order valence-corrected chi connectivity index (χ0v) is 16.0. The van der Waals surface area contributed by atoms with Crippen molar-refractivity contribution in [2.45, 2.75) is 20.3 Å². The molecule has 0 bridgehead atoms. The van der Waals surface area contributed by atoms with Crippen LogP contribution in [0.4, 0.5) is 0 Å². The zero-order chi connectivity index (χ0) is 18.1. The van der Waals surface area contributed by atoms with Gasteiger partial charge in [0.2, 0.25) is 15.9 Å². The Kier molecular flexibility index (Phi) is 5.78. The fraction of sp³-hybridized carbons (Fsp3) is 0.562. The van der Waals surface area contributed by atoms with E-state index in [0.717, 1.165) is 16.7 Å². The molecule has 1 aliphatic rings. The Morgan fingerprint density at radius 2 is 1.83 bits per heavy atom. The van der Waals surface area contributed by atoms with Crippen molar-refractivity contribution in [3.8, 4) is 5.75 Å². The van der Waals surface area contributed by atoms with Crippen LogP contribution in [0.15, 0.2) is 6.07 Å². The molecule has 8 heteroatoms. The maximum absolute atomic E-state index is 12.6. The number of nitrogens with zero attached hydrogens (tertiary/aromatic N) is 2. The first-order chi connectivity index (χ1) is 11.1. The van der Waals surface area contributed by atoms with Crippen molar-refractivity contribution in [2.75, 3.05) is 39.5 Å². The molecule has 1 heterocycles. The molecule has 1 saturated heterocycles. The molecule has 1 amide bonds. The number of ether oxygens (including phenoxy) is 1. The number of benzene rings is 1. The van der Waals surface area contributed by atoms with E-state index in [4.69, 9.17) is 16.3 Å². The third-order valence-corrected chi connectivity index (χ3v) is 6.27. The summed E-state index contributed by atoms with van der Waals surface area (Å²) >= 11 is 6.30. The average Bonchev–Trinajstić information content (AvgIpc) is 2.54. The van der Waals surface area contributed by atoms with Gasteiger partial charge in [0.05, 0.1) is 19.8 Å². The maximum atomic E-state index is 12.6. The van der Waals surface area contributed by atoms with Crippen LogP contribution in [-0.2, 0) is 21.2 Å². The normalized spacial score (nSPS) is 16.3. The number of rotatable bonds is 4. The number of piperazine rings is 1. The summed E-state index contributed by atoms with van der Waals surface area (Å²) in [7, 11) is -1.63. The summed E-state index contributed by atoms with van der Waals surface area (Å²) in [4.78, 5) is 14.3. The summed E-state index contributed by atoms with van der Waals surface area (Å²) in [5.74, 6) is 0.599. The van der Waals surface area contributed by atoms with Crippen LogP contribution in [0, 0.1) is 13.8 Å². The van der Waals surface area contributed by atoms with E-state index in [1.54, 1.807) is 12.0 Å². The number of sulfonamides is 1. The van der Waals surface area contributed by atoms with Crippen molar-refractivity contribution >= 4 is 27.5 Å². The van der Waals surface area contributed by atoms with Gasteiger partial charge in [0, 0.05) is 36.8 Å². The number of halogens is 1. The molecular weight excluding hydrogens is 352 g/mol. The molecule has 0 atom stereocenters. The molecule has 6 nitrogen and oxygen atoms in total. The fourth-order valence-electron chi connectivity index (χ4n) is 2.89. The second-order valence-corrected chi connectivity index (χ2v) is 8.39. The summed E-state index contributed by atoms with van der Waals surface area (Å²) in [5.41, 5.74) is 2.53. The molecule has 0 spiro atoms. The van der Waals surface area contributed by atoms with E-state index in [9.17, 15) is 13.2 Å². The maximum Gasteiger partial charge on any atom is 0.227 e. The minimum atomic E-state index is -3.20. The van der Waals surface area contributed by atoms with Crippen molar-refractivity contribution in [2.24, 2.45) is 0 Å². The van der Waals surface area contributed by atoms with Crippen molar-refractivity contribution in [1.82, 2.24) is 9.21 Å². The van der Waals surface area contributed by atoms with E-state index in [1.807, 2.05) is 19.9 Å². The summed E-state index contributed by atoms with van der Waals surface area (Å²) in [6.07, 6.45) is 1.38. The third kappa shape index (κ3) is 4.02. The summed E-state index contributed by atoms with van der Waals surface area (Å²) in [6.45, 7) is 5.22. The van der Waals surface area contributed by atoms with Gasteiger partial charge >= 0.3 is 0 Å². The molecule has 0 radical (unpaired) electrons. The van der Waals surface area contributed by atoms with Gasteiger partial charge in [0.25, 0.3) is 0 Å². The van der Waals surface area contributed by atoms with Crippen LogP contribution in [0.3, 0.4) is 0 Å². The van der Waals surface area contributed by atoms with Crippen molar-refractivity contribution in [3.05, 3.63) is 27.8 Å². The van der Waals surface area contributed by atoms with E-state index in [-0.39, 0.29) is 12.3 Å². The second-order valence-electron chi connectivity index (χ2n) is 6.03. The molecule has 0 N–H and O–H groups in total. The SMILES string of the molecule is COc1cc(C)c(Cl)c(C)c1CC(=O)N1CCN(S(C)(=O)=O)CC1. The van der Waals surface area contributed by atoms with Gasteiger partial charge in [-0.3, -0.25) is 4.79 Å². The number of hydrogen-bond donors (Lipinski definition) is 0. The monoisotopic (exact) mass is 374 g/mol. The largest absolute Gasteiger partial charge is 0.496 e. The standard InChI is InChI=1S/C16H23ClN2O4S/c1-11-9-14(23-3)13(12(2)16(11)17)10-15(20)18-5-7-19(8-6-18)24(4,21)22/h9H,5-8,10H2,1-4H3. The number of amides is 1. The van der Waals surface area contributed by atoms with Gasteiger partial charge < -0.3 is 9.64 Å². The predicted molar refractivity (Wildman–Crippen MR) is 94.2 cm³/mol. The Hall–Kier alpha value is -1.31. The van der Waals surface area contributed by atoms with Crippen molar-refractivity contribution in [3.63, 3.8) is 0 Å². The molecule has 1 aromatic carbocycles. The number of carbonyl (C=O) groups excluding carboxylic acids is 1. The Morgan fingerprint density at radius 3 is 2.33 bits per heavy atom.